The maximum absolute atomic E-state index is 13.1. The molecule has 8 N–H and O–H groups in total. The largest absolute Gasteiger partial charge is 0.394 e. The average Bonchev–Trinajstić information content (AvgIpc) is 3.31. The van der Waals surface area contributed by atoms with Gasteiger partial charge in [-0.25, -0.2) is 0 Å². The fourth-order valence-electron chi connectivity index (χ4n) is 9.03. The van der Waals surface area contributed by atoms with E-state index in [1.165, 1.54) is 180 Å². The lowest BCUT2D eigenvalue weighted by molar-refractivity contribution is -0.303. The zero-order valence-corrected chi connectivity index (χ0v) is 42.0. The molecule has 1 amide bonds. The molecule has 65 heavy (non-hydrogen) atoms. The Hall–Kier alpha value is -1.15. The van der Waals surface area contributed by atoms with Crippen molar-refractivity contribution in [3.8, 4) is 0 Å². The Balaban J connectivity index is 2.33. The summed E-state index contributed by atoms with van der Waals surface area (Å²) >= 11 is 0. The third-order valence-corrected chi connectivity index (χ3v) is 13.6. The molecule has 9 atom stereocenters. The van der Waals surface area contributed by atoms with Crippen molar-refractivity contribution in [3.63, 3.8) is 0 Å². The number of aliphatic hydroxyl groups excluding tert-OH is 7. The molecule has 1 fully saturated rings. The lowest BCUT2D eigenvalue weighted by Crippen LogP contribution is -2.60. The van der Waals surface area contributed by atoms with Gasteiger partial charge in [-0.2, -0.15) is 0 Å². The first-order valence-electron chi connectivity index (χ1n) is 27.6. The SMILES string of the molecule is CCCCCCCCCCCCCCCCCCCCC/C=C/CCCC(O)C(O)C(COC1OC(CO)C(O)C(O)C1O)NC(=O)C(O)CCCCCCCCCCCCCCCC. The van der Waals surface area contributed by atoms with Crippen molar-refractivity contribution >= 4 is 5.91 Å². The maximum Gasteiger partial charge on any atom is 0.249 e. The maximum atomic E-state index is 13.1. The van der Waals surface area contributed by atoms with Crippen LogP contribution in [0.1, 0.15) is 258 Å². The van der Waals surface area contributed by atoms with Crippen molar-refractivity contribution in [2.24, 2.45) is 0 Å². The van der Waals surface area contributed by atoms with Crippen molar-refractivity contribution < 1.29 is 50.0 Å². The summed E-state index contributed by atoms with van der Waals surface area (Å²) in [6, 6.07) is -1.18. The number of hydrogen-bond acceptors (Lipinski definition) is 10. The third kappa shape index (κ3) is 33.1. The van der Waals surface area contributed by atoms with E-state index in [4.69, 9.17) is 9.47 Å². The summed E-state index contributed by atoms with van der Waals surface area (Å²) in [5.41, 5.74) is 0. The first kappa shape index (κ1) is 61.9. The number of allylic oxidation sites excluding steroid dienone is 2. The van der Waals surface area contributed by atoms with Gasteiger partial charge in [-0.1, -0.05) is 231 Å². The van der Waals surface area contributed by atoms with Crippen LogP contribution in [0, 0.1) is 0 Å². The molecule has 11 heteroatoms. The van der Waals surface area contributed by atoms with Crippen LogP contribution in [-0.2, 0) is 14.3 Å². The van der Waals surface area contributed by atoms with Gasteiger partial charge < -0.3 is 50.5 Å². The van der Waals surface area contributed by atoms with E-state index in [1.807, 2.05) is 0 Å². The van der Waals surface area contributed by atoms with Gasteiger partial charge >= 0.3 is 0 Å². The second kappa shape index (κ2) is 44.1. The standard InChI is InChI=1S/C54H105NO10/c1-3-5-7-9-11-13-15-17-19-20-21-22-23-24-25-26-27-28-30-31-33-35-37-39-41-46(57)49(59)45(44-64-54-52(62)51(61)50(60)48(43-56)65-54)55-53(63)47(58)42-40-38-36-34-32-29-18-16-14-12-10-8-6-4-2/h33,35,45-52,54,56-62H,3-32,34,36-44H2,1-2H3,(H,55,63)/b35-33+. The van der Waals surface area contributed by atoms with E-state index < -0.39 is 74.2 Å². The molecule has 1 heterocycles. The first-order valence-corrected chi connectivity index (χ1v) is 27.6. The molecule has 0 aliphatic carbocycles. The number of ether oxygens (including phenoxy) is 2. The summed E-state index contributed by atoms with van der Waals surface area (Å²) in [5.74, 6) is -0.703. The minimum absolute atomic E-state index is 0.259. The lowest BCUT2D eigenvalue weighted by Gasteiger charge is -2.40. The first-order chi connectivity index (χ1) is 31.7. The highest BCUT2D eigenvalue weighted by Gasteiger charge is 2.44. The number of nitrogens with one attached hydrogen (secondary N) is 1. The van der Waals surface area contributed by atoms with Crippen LogP contribution in [0.25, 0.3) is 0 Å². The Labute approximate surface area is 398 Å². The molecule has 11 nitrogen and oxygen atoms in total. The van der Waals surface area contributed by atoms with Crippen LogP contribution in [-0.4, -0.2) is 110 Å². The van der Waals surface area contributed by atoms with Gasteiger partial charge in [0.15, 0.2) is 6.29 Å². The third-order valence-electron chi connectivity index (χ3n) is 13.6. The molecule has 0 radical (unpaired) electrons. The van der Waals surface area contributed by atoms with Crippen LogP contribution in [0.3, 0.4) is 0 Å². The smallest absolute Gasteiger partial charge is 0.249 e. The van der Waals surface area contributed by atoms with Gasteiger partial charge in [0.25, 0.3) is 0 Å². The molecule has 9 unspecified atom stereocenters. The predicted molar refractivity (Wildman–Crippen MR) is 266 cm³/mol. The number of rotatable bonds is 47. The molecule has 0 spiro atoms. The molecule has 386 valence electrons. The summed E-state index contributed by atoms with van der Waals surface area (Å²) in [6.45, 7) is 3.46. The molecule has 1 aliphatic rings. The number of carbonyl (C=O) groups excluding carboxylic acids is 1. The van der Waals surface area contributed by atoms with Gasteiger partial charge in [-0.15, -0.1) is 0 Å². The van der Waals surface area contributed by atoms with Crippen LogP contribution >= 0.6 is 0 Å². The Morgan fingerprint density at radius 1 is 0.523 bits per heavy atom. The van der Waals surface area contributed by atoms with Crippen LogP contribution in [0.4, 0.5) is 0 Å². The second-order valence-corrected chi connectivity index (χ2v) is 19.7. The Morgan fingerprint density at radius 2 is 0.908 bits per heavy atom. The van der Waals surface area contributed by atoms with Crippen molar-refractivity contribution in [1.29, 1.82) is 0 Å². The van der Waals surface area contributed by atoms with Gasteiger partial charge in [0.05, 0.1) is 25.4 Å². The molecule has 1 rings (SSSR count). The monoisotopic (exact) mass is 928 g/mol. The second-order valence-electron chi connectivity index (χ2n) is 19.7. The molecule has 0 saturated carbocycles. The molecule has 0 aromatic carbocycles. The van der Waals surface area contributed by atoms with E-state index in [0.717, 1.165) is 38.5 Å². The van der Waals surface area contributed by atoms with Crippen LogP contribution in [0.15, 0.2) is 12.2 Å². The van der Waals surface area contributed by atoms with E-state index in [2.05, 4.69) is 31.3 Å². The van der Waals surface area contributed by atoms with Crippen molar-refractivity contribution in [1.82, 2.24) is 5.32 Å². The van der Waals surface area contributed by atoms with Gasteiger partial charge in [0, 0.05) is 0 Å². The summed E-state index contributed by atoms with van der Waals surface area (Å²) in [4.78, 5) is 13.1. The van der Waals surface area contributed by atoms with Gasteiger partial charge in [-0.3, -0.25) is 4.79 Å². The molecular formula is C54H105NO10. The molecular weight excluding hydrogens is 823 g/mol. The van der Waals surface area contributed by atoms with Crippen molar-refractivity contribution in [2.45, 2.75) is 313 Å². The Morgan fingerprint density at radius 3 is 1.32 bits per heavy atom. The topological polar surface area (TPSA) is 189 Å². The minimum Gasteiger partial charge on any atom is -0.394 e. The summed E-state index contributed by atoms with van der Waals surface area (Å²) < 4.78 is 11.1. The number of unbranched alkanes of at least 4 members (excludes halogenated alkanes) is 33. The summed E-state index contributed by atoms with van der Waals surface area (Å²) in [7, 11) is 0. The predicted octanol–water partition coefficient (Wildman–Crippen LogP) is 10.8. The lowest BCUT2D eigenvalue weighted by atomic mass is 9.98. The van der Waals surface area contributed by atoms with E-state index in [-0.39, 0.29) is 12.8 Å². The number of amides is 1. The van der Waals surface area contributed by atoms with Crippen LogP contribution < -0.4 is 5.32 Å². The van der Waals surface area contributed by atoms with Crippen LogP contribution in [0.5, 0.6) is 0 Å². The van der Waals surface area contributed by atoms with E-state index in [0.29, 0.717) is 12.8 Å². The van der Waals surface area contributed by atoms with Crippen molar-refractivity contribution in [3.05, 3.63) is 12.2 Å². The molecule has 0 aromatic heterocycles. The highest BCUT2D eigenvalue weighted by atomic mass is 16.7. The number of carbonyl (C=O) groups is 1. The molecule has 0 aromatic rings. The Kier molecular flexibility index (Phi) is 42.0. The molecule has 0 bridgehead atoms. The van der Waals surface area contributed by atoms with Gasteiger partial charge in [0.2, 0.25) is 5.91 Å². The van der Waals surface area contributed by atoms with E-state index >= 15 is 0 Å². The molecule has 1 aliphatic heterocycles. The van der Waals surface area contributed by atoms with E-state index in [9.17, 15) is 40.5 Å². The molecule has 1 saturated heterocycles. The van der Waals surface area contributed by atoms with Gasteiger partial charge in [-0.05, 0) is 38.5 Å². The van der Waals surface area contributed by atoms with Crippen molar-refractivity contribution in [2.75, 3.05) is 13.2 Å². The Bertz CT molecular complexity index is 1060. The zero-order chi connectivity index (χ0) is 47.6. The fraction of sp³-hybridized carbons (Fsp3) is 0.944. The quantitative estimate of drug-likeness (QED) is 0.0215. The fourth-order valence-corrected chi connectivity index (χ4v) is 9.03. The highest BCUT2D eigenvalue weighted by molar-refractivity contribution is 5.80. The normalized spacial score (nSPS) is 20.9. The van der Waals surface area contributed by atoms with E-state index in [1.54, 1.807) is 0 Å². The van der Waals surface area contributed by atoms with Gasteiger partial charge in [0.1, 0.15) is 36.6 Å². The number of aliphatic hydroxyl groups is 7. The van der Waals surface area contributed by atoms with Crippen LogP contribution in [0.2, 0.25) is 0 Å². The average molecular weight is 928 g/mol. The number of hydrogen-bond donors (Lipinski definition) is 8. The minimum atomic E-state index is -1.66. The summed E-state index contributed by atoms with van der Waals surface area (Å²) in [5, 5.41) is 75.9. The summed E-state index contributed by atoms with van der Waals surface area (Å²) in [6.07, 6.45) is 38.4. The highest BCUT2D eigenvalue weighted by Crippen LogP contribution is 2.23. The zero-order valence-electron chi connectivity index (χ0n) is 42.0.